The molecule has 104 valence electrons. The normalized spacial score (nSPS) is 14.1. The molecule has 20 heavy (non-hydrogen) atoms. The van der Waals surface area contributed by atoms with E-state index in [0.29, 0.717) is 18.3 Å². The predicted molar refractivity (Wildman–Crippen MR) is 83.3 cm³/mol. The molecule has 1 saturated carbocycles. The molecule has 0 amide bonds. The number of hydrogen-bond acceptors (Lipinski definition) is 5. The lowest BCUT2D eigenvalue weighted by molar-refractivity contribution is 0.919. The molecule has 1 aliphatic carbocycles. The summed E-state index contributed by atoms with van der Waals surface area (Å²) in [5, 5.41) is 3.32. The van der Waals surface area contributed by atoms with Crippen LogP contribution in [0, 0.1) is 0 Å². The highest BCUT2D eigenvalue weighted by atomic mass is 79.9. The van der Waals surface area contributed by atoms with E-state index in [1.807, 2.05) is 24.3 Å². The topological polar surface area (TPSA) is 75.9 Å². The molecule has 0 bridgehead atoms. The van der Waals surface area contributed by atoms with Gasteiger partial charge in [-0.05, 0) is 24.5 Å². The zero-order chi connectivity index (χ0) is 13.9. The molecule has 4 N–H and O–H groups in total. The van der Waals surface area contributed by atoms with Gasteiger partial charge in [0.1, 0.15) is 17.5 Å². The molecule has 2 aromatic rings. The third kappa shape index (κ3) is 3.08. The average molecular weight is 334 g/mol. The van der Waals surface area contributed by atoms with Gasteiger partial charge in [-0.3, -0.25) is 0 Å². The van der Waals surface area contributed by atoms with E-state index in [2.05, 4.69) is 42.7 Å². The van der Waals surface area contributed by atoms with Gasteiger partial charge in [-0.1, -0.05) is 34.1 Å². The molecule has 0 spiro atoms. The molecule has 1 aliphatic rings. The van der Waals surface area contributed by atoms with Crippen molar-refractivity contribution in [2.45, 2.75) is 25.3 Å². The van der Waals surface area contributed by atoms with Crippen LogP contribution in [0.4, 0.5) is 11.6 Å². The molecule has 5 nitrogen and oxygen atoms in total. The highest BCUT2D eigenvalue weighted by molar-refractivity contribution is 9.10. The van der Waals surface area contributed by atoms with Crippen molar-refractivity contribution in [1.29, 1.82) is 0 Å². The Balaban J connectivity index is 1.76. The van der Waals surface area contributed by atoms with E-state index in [1.165, 1.54) is 5.56 Å². The summed E-state index contributed by atoms with van der Waals surface area (Å²) in [6.07, 6.45) is 2.33. The fourth-order valence-electron chi connectivity index (χ4n) is 1.98. The second-order valence-corrected chi connectivity index (χ2v) is 5.71. The minimum Gasteiger partial charge on any atom is -0.366 e. The lowest BCUT2D eigenvalue weighted by atomic mass is 10.2. The third-order valence-electron chi connectivity index (χ3n) is 3.25. The summed E-state index contributed by atoms with van der Waals surface area (Å²) in [4.78, 5) is 8.94. The lowest BCUT2D eigenvalue weighted by Gasteiger charge is -2.10. The number of aromatic nitrogens is 2. The minimum atomic E-state index is 0.493. The van der Waals surface area contributed by atoms with Gasteiger partial charge in [-0.15, -0.1) is 0 Å². The maximum absolute atomic E-state index is 5.46. The molecule has 0 saturated heterocycles. The first kappa shape index (κ1) is 13.3. The summed E-state index contributed by atoms with van der Waals surface area (Å²) in [5.41, 5.74) is 3.78. The fourth-order valence-corrected chi connectivity index (χ4v) is 2.41. The molecule has 1 fully saturated rings. The smallest absolute Gasteiger partial charge is 0.145 e. The van der Waals surface area contributed by atoms with Crippen molar-refractivity contribution in [3.8, 4) is 0 Å². The van der Waals surface area contributed by atoms with Gasteiger partial charge in [0.15, 0.2) is 0 Å². The summed E-state index contributed by atoms with van der Waals surface area (Å²) in [6, 6.07) is 9.94. The van der Waals surface area contributed by atoms with Crippen molar-refractivity contribution in [3.05, 3.63) is 46.2 Å². The number of nitrogens with zero attached hydrogens (tertiary/aromatic N) is 2. The minimum absolute atomic E-state index is 0.493. The number of halogens is 1. The Morgan fingerprint density at radius 1 is 1.20 bits per heavy atom. The van der Waals surface area contributed by atoms with Crippen LogP contribution in [-0.4, -0.2) is 9.97 Å². The first-order valence-electron chi connectivity index (χ1n) is 6.59. The highest BCUT2D eigenvalue weighted by Crippen LogP contribution is 2.38. The molecule has 1 aromatic carbocycles. The van der Waals surface area contributed by atoms with Gasteiger partial charge >= 0.3 is 0 Å². The standard InChI is InChI=1S/C14H16BrN5/c15-11-4-2-1-3-10(11)8-17-12-7-13(20-16)19-14(18-12)9-5-6-9/h1-4,7,9H,5-6,8,16H2,(H2,17,18,19,20). The number of nitrogen functional groups attached to an aromatic ring is 1. The quantitative estimate of drug-likeness (QED) is 0.579. The predicted octanol–water partition coefficient (Wildman–Crippen LogP) is 3.01. The van der Waals surface area contributed by atoms with E-state index in [0.717, 1.165) is 29.0 Å². The Kier molecular flexibility index (Phi) is 3.84. The van der Waals surface area contributed by atoms with E-state index < -0.39 is 0 Å². The molecule has 1 aromatic heterocycles. The van der Waals surface area contributed by atoms with Crippen molar-refractivity contribution < 1.29 is 0 Å². The fraction of sp³-hybridized carbons (Fsp3) is 0.286. The third-order valence-corrected chi connectivity index (χ3v) is 4.03. The Morgan fingerprint density at radius 2 is 1.95 bits per heavy atom. The van der Waals surface area contributed by atoms with Gasteiger partial charge < -0.3 is 10.7 Å². The van der Waals surface area contributed by atoms with E-state index in [4.69, 9.17) is 5.84 Å². The van der Waals surface area contributed by atoms with Crippen molar-refractivity contribution in [2.24, 2.45) is 5.84 Å². The average Bonchev–Trinajstić information content (AvgIpc) is 3.31. The molecular weight excluding hydrogens is 318 g/mol. The summed E-state index contributed by atoms with van der Waals surface area (Å²) in [7, 11) is 0. The van der Waals surface area contributed by atoms with Crippen LogP contribution in [-0.2, 0) is 6.54 Å². The summed E-state index contributed by atoms with van der Waals surface area (Å²) in [6.45, 7) is 0.701. The number of nitrogens with two attached hydrogens (primary N) is 1. The summed E-state index contributed by atoms with van der Waals surface area (Å²) >= 11 is 3.54. The van der Waals surface area contributed by atoms with Crippen molar-refractivity contribution in [3.63, 3.8) is 0 Å². The molecule has 0 aliphatic heterocycles. The van der Waals surface area contributed by atoms with E-state index in [9.17, 15) is 0 Å². The maximum Gasteiger partial charge on any atom is 0.145 e. The Labute approximate surface area is 126 Å². The largest absolute Gasteiger partial charge is 0.366 e. The lowest BCUT2D eigenvalue weighted by Crippen LogP contribution is -2.12. The van der Waals surface area contributed by atoms with Gasteiger partial charge in [0.2, 0.25) is 0 Å². The molecule has 0 unspecified atom stereocenters. The Hall–Kier alpha value is -1.66. The van der Waals surface area contributed by atoms with Gasteiger partial charge in [0.05, 0.1) is 0 Å². The summed E-state index contributed by atoms with van der Waals surface area (Å²) < 4.78 is 1.08. The first-order chi connectivity index (χ1) is 9.76. The van der Waals surface area contributed by atoms with Crippen LogP contribution >= 0.6 is 15.9 Å². The molecule has 1 heterocycles. The van der Waals surface area contributed by atoms with Gasteiger partial charge in [-0.2, -0.15) is 0 Å². The number of hydrazine groups is 1. The number of benzene rings is 1. The molecule has 6 heteroatoms. The molecule has 3 rings (SSSR count). The van der Waals surface area contributed by atoms with Crippen LogP contribution in [0.3, 0.4) is 0 Å². The molecule has 0 atom stereocenters. The van der Waals surface area contributed by atoms with Crippen LogP contribution in [0.1, 0.15) is 30.1 Å². The summed E-state index contributed by atoms with van der Waals surface area (Å²) in [5.74, 6) is 8.27. The van der Waals surface area contributed by atoms with Crippen LogP contribution in [0.15, 0.2) is 34.8 Å². The van der Waals surface area contributed by atoms with Gasteiger partial charge in [-0.25, -0.2) is 15.8 Å². The van der Waals surface area contributed by atoms with Crippen LogP contribution < -0.4 is 16.6 Å². The maximum atomic E-state index is 5.46. The second kappa shape index (κ2) is 5.76. The zero-order valence-corrected chi connectivity index (χ0v) is 12.5. The SMILES string of the molecule is NNc1cc(NCc2ccccc2Br)nc(C2CC2)n1. The molecular formula is C14H16BrN5. The van der Waals surface area contributed by atoms with E-state index in [-0.39, 0.29) is 0 Å². The first-order valence-corrected chi connectivity index (χ1v) is 7.38. The monoisotopic (exact) mass is 333 g/mol. The van der Waals surface area contributed by atoms with E-state index in [1.54, 1.807) is 0 Å². The van der Waals surface area contributed by atoms with Crippen LogP contribution in [0.25, 0.3) is 0 Å². The Morgan fingerprint density at radius 3 is 2.65 bits per heavy atom. The van der Waals surface area contributed by atoms with Crippen LogP contribution in [0.2, 0.25) is 0 Å². The number of hydrogen-bond donors (Lipinski definition) is 3. The van der Waals surface area contributed by atoms with Crippen molar-refractivity contribution >= 4 is 27.6 Å². The van der Waals surface area contributed by atoms with Gasteiger partial charge in [0, 0.05) is 23.0 Å². The number of anilines is 2. The number of rotatable bonds is 5. The highest BCUT2D eigenvalue weighted by Gasteiger charge is 2.27. The number of nitrogens with one attached hydrogen (secondary N) is 2. The van der Waals surface area contributed by atoms with Gasteiger partial charge in [0.25, 0.3) is 0 Å². The second-order valence-electron chi connectivity index (χ2n) is 4.86. The Bertz CT molecular complexity index is 612. The van der Waals surface area contributed by atoms with Crippen molar-refractivity contribution in [1.82, 2.24) is 9.97 Å². The van der Waals surface area contributed by atoms with Crippen molar-refractivity contribution in [2.75, 3.05) is 10.7 Å². The van der Waals surface area contributed by atoms with Crippen LogP contribution in [0.5, 0.6) is 0 Å². The van der Waals surface area contributed by atoms with E-state index >= 15 is 0 Å². The zero-order valence-electron chi connectivity index (χ0n) is 10.9. The molecule has 0 radical (unpaired) electrons.